The second-order valence-corrected chi connectivity index (χ2v) is 7.00. The van der Waals surface area contributed by atoms with Crippen LogP contribution in [-0.4, -0.2) is 54.0 Å². The van der Waals surface area contributed by atoms with Gasteiger partial charge in [-0.2, -0.15) is 0 Å². The number of aliphatic carboxylic acids is 1. The smallest absolute Gasteiger partial charge is 0.341 e. The Bertz CT molecular complexity index is 941. The van der Waals surface area contributed by atoms with Crippen LogP contribution in [0, 0.1) is 0 Å². The lowest BCUT2D eigenvalue weighted by atomic mass is 10.1. The molecular formula is C23H25NO5. The molecule has 0 radical (unpaired) electrons. The molecule has 1 atom stereocenters. The van der Waals surface area contributed by atoms with Gasteiger partial charge in [0, 0.05) is 13.1 Å². The van der Waals surface area contributed by atoms with Crippen LogP contribution in [0.4, 0.5) is 0 Å². The van der Waals surface area contributed by atoms with E-state index >= 15 is 0 Å². The van der Waals surface area contributed by atoms with E-state index in [1.54, 1.807) is 12.1 Å². The highest BCUT2D eigenvalue weighted by Gasteiger charge is 2.10. The summed E-state index contributed by atoms with van der Waals surface area (Å²) in [5.74, 6) is 0.249. The molecular weight excluding hydrogens is 370 g/mol. The second-order valence-electron chi connectivity index (χ2n) is 7.00. The van der Waals surface area contributed by atoms with E-state index in [2.05, 4.69) is 0 Å². The van der Waals surface area contributed by atoms with Gasteiger partial charge in [0.25, 0.3) is 0 Å². The number of carbonyl (C=O) groups is 1. The molecule has 0 heterocycles. The van der Waals surface area contributed by atoms with Crippen LogP contribution in [0.3, 0.4) is 0 Å². The Morgan fingerprint density at radius 1 is 0.966 bits per heavy atom. The van der Waals surface area contributed by atoms with Crippen molar-refractivity contribution in [2.45, 2.75) is 12.6 Å². The third-order valence-corrected chi connectivity index (χ3v) is 4.42. The van der Waals surface area contributed by atoms with Crippen LogP contribution in [-0.2, 0) is 11.3 Å². The molecule has 0 aliphatic heterocycles. The minimum atomic E-state index is -1.01. The van der Waals surface area contributed by atoms with Crippen molar-refractivity contribution < 1.29 is 24.5 Å². The minimum absolute atomic E-state index is 0.213. The van der Waals surface area contributed by atoms with E-state index in [-0.39, 0.29) is 13.2 Å². The molecule has 29 heavy (non-hydrogen) atoms. The van der Waals surface area contributed by atoms with Crippen molar-refractivity contribution >= 4 is 16.7 Å². The van der Waals surface area contributed by atoms with Gasteiger partial charge in [-0.25, -0.2) is 4.79 Å². The fourth-order valence-corrected chi connectivity index (χ4v) is 3.07. The molecule has 3 aromatic carbocycles. The van der Waals surface area contributed by atoms with Crippen LogP contribution in [0.25, 0.3) is 10.8 Å². The number of carboxylic acid groups (broad SMARTS) is 1. The Balaban J connectivity index is 1.44. The van der Waals surface area contributed by atoms with E-state index in [1.165, 1.54) is 0 Å². The quantitative estimate of drug-likeness (QED) is 0.549. The molecule has 0 aromatic heterocycles. The molecule has 6 heteroatoms. The molecule has 6 nitrogen and oxygen atoms in total. The third kappa shape index (κ3) is 6.48. The molecule has 1 unspecified atom stereocenters. The number of ether oxygens (including phenoxy) is 2. The van der Waals surface area contributed by atoms with Gasteiger partial charge >= 0.3 is 5.97 Å². The van der Waals surface area contributed by atoms with Crippen molar-refractivity contribution in [3.63, 3.8) is 0 Å². The van der Waals surface area contributed by atoms with E-state index in [4.69, 9.17) is 14.6 Å². The maximum atomic E-state index is 10.5. The summed E-state index contributed by atoms with van der Waals surface area (Å²) in [5.41, 5.74) is 1.04. The molecule has 152 valence electrons. The van der Waals surface area contributed by atoms with Gasteiger partial charge in [0.2, 0.25) is 0 Å². The van der Waals surface area contributed by atoms with Crippen molar-refractivity contribution in [3.8, 4) is 11.5 Å². The van der Waals surface area contributed by atoms with Crippen LogP contribution in [0.1, 0.15) is 5.56 Å². The van der Waals surface area contributed by atoms with Crippen molar-refractivity contribution in [1.82, 2.24) is 4.90 Å². The van der Waals surface area contributed by atoms with E-state index < -0.39 is 12.1 Å². The minimum Gasteiger partial charge on any atom is -0.491 e. The molecule has 0 spiro atoms. The molecule has 0 amide bonds. The number of carboxylic acids is 1. The number of benzene rings is 3. The molecule has 0 bridgehead atoms. The number of likely N-dealkylation sites (N-methyl/N-ethyl adjacent to an activating group) is 1. The number of hydrogen-bond acceptors (Lipinski definition) is 5. The highest BCUT2D eigenvalue weighted by molar-refractivity contribution is 5.83. The SMILES string of the molecule is CN(Cc1ccc(OCC(=O)O)cc1)CC(O)COc1ccc2ccccc2c1. The lowest BCUT2D eigenvalue weighted by Gasteiger charge is -2.21. The van der Waals surface area contributed by atoms with E-state index in [1.807, 2.05) is 66.5 Å². The summed E-state index contributed by atoms with van der Waals surface area (Å²) < 4.78 is 10.9. The Kier molecular flexibility index (Phi) is 7.05. The van der Waals surface area contributed by atoms with Gasteiger partial charge in [-0.3, -0.25) is 4.90 Å². The third-order valence-electron chi connectivity index (χ3n) is 4.42. The molecule has 0 aliphatic carbocycles. The lowest BCUT2D eigenvalue weighted by molar-refractivity contribution is -0.139. The Labute approximate surface area is 169 Å². The Morgan fingerprint density at radius 3 is 2.38 bits per heavy atom. The fraction of sp³-hybridized carbons (Fsp3) is 0.261. The molecule has 0 saturated heterocycles. The number of nitrogens with zero attached hydrogens (tertiary/aromatic N) is 1. The zero-order valence-corrected chi connectivity index (χ0v) is 16.3. The highest BCUT2D eigenvalue weighted by atomic mass is 16.5. The number of aliphatic hydroxyl groups is 1. The number of rotatable bonds is 10. The van der Waals surface area contributed by atoms with Crippen molar-refractivity contribution in [3.05, 3.63) is 72.3 Å². The molecule has 3 aromatic rings. The number of fused-ring (bicyclic) bond motifs is 1. The normalized spacial score (nSPS) is 12.1. The van der Waals surface area contributed by atoms with E-state index in [0.717, 1.165) is 22.1 Å². The average Bonchev–Trinajstić information content (AvgIpc) is 2.71. The number of aliphatic hydroxyl groups excluding tert-OH is 1. The summed E-state index contributed by atoms with van der Waals surface area (Å²) in [4.78, 5) is 12.5. The average molecular weight is 395 g/mol. The first kappa shape index (κ1) is 20.6. The van der Waals surface area contributed by atoms with Gasteiger partial charge in [0.15, 0.2) is 6.61 Å². The predicted molar refractivity (Wildman–Crippen MR) is 111 cm³/mol. The zero-order valence-electron chi connectivity index (χ0n) is 16.3. The summed E-state index contributed by atoms with van der Waals surface area (Å²) in [5, 5.41) is 21.2. The van der Waals surface area contributed by atoms with Crippen LogP contribution in [0.5, 0.6) is 11.5 Å². The van der Waals surface area contributed by atoms with Gasteiger partial charge < -0.3 is 19.7 Å². The zero-order chi connectivity index (χ0) is 20.6. The Hall–Kier alpha value is -3.09. The first-order valence-electron chi connectivity index (χ1n) is 9.41. The number of hydrogen-bond donors (Lipinski definition) is 2. The van der Waals surface area contributed by atoms with Gasteiger partial charge in [0.05, 0.1) is 0 Å². The van der Waals surface area contributed by atoms with Gasteiger partial charge in [-0.1, -0.05) is 42.5 Å². The topological polar surface area (TPSA) is 79.2 Å². The summed E-state index contributed by atoms with van der Waals surface area (Å²) in [6.07, 6.45) is -0.621. The monoisotopic (exact) mass is 395 g/mol. The summed E-state index contributed by atoms with van der Waals surface area (Å²) >= 11 is 0. The molecule has 0 fully saturated rings. The van der Waals surface area contributed by atoms with Crippen molar-refractivity contribution in [2.75, 3.05) is 26.8 Å². The molecule has 2 N–H and O–H groups in total. The maximum absolute atomic E-state index is 10.5. The van der Waals surface area contributed by atoms with Gasteiger partial charge in [-0.15, -0.1) is 0 Å². The maximum Gasteiger partial charge on any atom is 0.341 e. The van der Waals surface area contributed by atoms with Crippen LogP contribution in [0.15, 0.2) is 66.7 Å². The largest absolute Gasteiger partial charge is 0.491 e. The van der Waals surface area contributed by atoms with E-state index in [9.17, 15) is 9.90 Å². The van der Waals surface area contributed by atoms with Crippen LogP contribution >= 0.6 is 0 Å². The van der Waals surface area contributed by atoms with E-state index in [0.29, 0.717) is 18.8 Å². The Morgan fingerprint density at radius 2 is 1.66 bits per heavy atom. The first-order valence-corrected chi connectivity index (χ1v) is 9.41. The van der Waals surface area contributed by atoms with Crippen LogP contribution < -0.4 is 9.47 Å². The lowest BCUT2D eigenvalue weighted by Crippen LogP contribution is -2.32. The molecule has 0 saturated carbocycles. The first-order chi connectivity index (χ1) is 14.0. The van der Waals surface area contributed by atoms with Crippen LogP contribution in [0.2, 0.25) is 0 Å². The second kappa shape index (κ2) is 9.91. The van der Waals surface area contributed by atoms with Gasteiger partial charge in [0.1, 0.15) is 24.2 Å². The molecule has 0 aliphatic rings. The fourth-order valence-electron chi connectivity index (χ4n) is 3.07. The van der Waals surface area contributed by atoms with Gasteiger partial charge in [-0.05, 0) is 47.6 Å². The standard InChI is InChI=1S/C23H25NO5/c1-24(13-17-6-9-21(10-7-17)29-16-23(26)27)14-20(25)15-28-22-11-8-18-4-2-3-5-19(18)12-22/h2-12,20,25H,13-16H2,1H3,(H,26,27). The predicted octanol–water partition coefficient (Wildman–Crippen LogP) is 3.17. The molecule has 3 rings (SSSR count). The summed E-state index contributed by atoms with van der Waals surface area (Å²) in [6, 6.07) is 21.2. The summed E-state index contributed by atoms with van der Waals surface area (Å²) in [7, 11) is 1.92. The summed E-state index contributed by atoms with van der Waals surface area (Å²) in [6.45, 7) is 0.963. The highest BCUT2D eigenvalue weighted by Crippen LogP contribution is 2.20. The van der Waals surface area contributed by atoms with Crippen molar-refractivity contribution in [1.29, 1.82) is 0 Å². The van der Waals surface area contributed by atoms with Crippen molar-refractivity contribution in [2.24, 2.45) is 0 Å².